The van der Waals surface area contributed by atoms with Crippen molar-refractivity contribution in [1.82, 2.24) is 4.72 Å². The quantitative estimate of drug-likeness (QED) is 0.557. The molecule has 1 N–H and O–H groups in total. The van der Waals surface area contributed by atoms with E-state index in [2.05, 4.69) is 4.72 Å². The molecule has 2 rings (SSSR count). The van der Waals surface area contributed by atoms with Crippen molar-refractivity contribution in [3.8, 4) is 0 Å². The van der Waals surface area contributed by atoms with Gasteiger partial charge >= 0.3 is 6.18 Å². The van der Waals surface area contributed by atoms with Crippen LogP contribution in [-0.4, -0.2) is 8.42 Å². The highest BCUT2D eigenvalue weighted by atomic mass is 127. The first-order valence-electron chi connectivity index (χ1n) is 6.20. The van der Waals surface area contributed by atoms with Gasteiger partial charge in [0.25, 0.3) is 0 Å². The largest absolute Gasteiger partial charge is 0.416 e. The first-order valence-corrected chi connectivity index (χ1v) is 8.76. The van der Waals surface area contributed by atoms with E-state index >= 15 is 0 Å². The lowest BCUT2D eigenvalue weighted by Gasteiger charge is -2.10. The third kappa shape index (κ3) is 4.64. The van der Waals surface area contributed by atoms with Crippen molar-refractivity contribution in [2.75, 3.05) is 0 Å². The van der Waals surface area contributed by atoms with Gasteiger partial charge in [-0.25, -0.2) is 17.5 Å². The molecule has 0 amide bonds. The number of rotatable bonds is 4. The van der Waals surface area contributed by atoms with Gasteiger partial charge in [-0.2, -0.15) is 13.2 Å². The summed E-state index contributed by atoms with van der Waals surface area (Å²) in [5, 5.41) is 0. The lowest BCUT2D eigenvalue weighted by atomic mass is 10.1. The van der Waals surface area contributed by atoms with E-state index in [-0.39, 0.29) is 10.5 Å². The molecule has 0 fully saturated rings. The smallest absolute Gasteiger partial charge is 0.207 e. The highest BCUT2D eigenvalue weighted by Crippen LogP contribution is 2.30. The summed E-state index contributed by atoms with van der Waals surface area (Å²) in [6.45, 7) is -0.446. The highest BCUT2D eigenvalue weighted by molar-refractivity contribution is 14.1. The van der Waals surface area contributed by atoms with Crippen molar-refractivity contribution >= 4 is 32.6 Å². The van der Waals surface area contributed by atoms with Gasteiger partial charge in [-0.3, -0.25) is 0 Å². The molecule has 0 radical (unpaired) electrons. The third-order valence-electron chi connectivity index (χ3n) is 2.96. The van der Waals surface area contributed by atoms with E-state index in [1.165, 1.54) is 12.1 Å². The molecule has 0 heterocycles. The molecule has 124 valence electrons. The van der Waals surface area contributed by atoms with Crippen LogP contribution in [0.4, 0.5) is 17.6 Å². The zero-order chi connectivity index (χ0) is 17.3. The Hall–Kier alpha value is -1.20. The molecule has 0 aliphatic rings. The van der Waals surface area contributed by atoms with Crippen LogP contribution in [0.15, 0.2) is 47.4 Å². The SMILES string of the molecule is O=S(=O)(NCc1ccc(C(F)(F)F)cc1F)c1ccc(I)cc1. The minimum Gasteiger partial charge on any atom is -0.207 e. The number of sulfonamides is 1. The van der Waals surface area contributed by atoms with Gasteiger partial charge in [-0.05, 0) is 59.0 Å². The fourth-order valence-corrected chi connectivity index (χ4v) is 3.10. The molecule has 23 heavy (non-hydrogen) atoms. The Morgan fingerprint density at radius 1 is 1.04 bits per heavy atom. The minimum absolute atomic E-state index is 0.00904. The Balaban J connectivity index is 2.16. The number of benzene rings is 2. The summed E-state index contributed by atoms with van der Waals surface area (Å²) in [5.74, 6) is -1.12. The molecule has 3 nitrogen and oxygen atoms in total. The van der Waals surface area contributed by atoms with Crippen molar-refractivity contribution in [3.05, 3.63) is 63.0 Å². The molecule has 0 saturated carbocycles. The van der Waals surface area contributed by atoms with Crippen LogP contribution in [0.3, 0.4) is 0 Å². The third-order valence-corrected chi connectivity index (χ3v) is 5.09. The van der Waals surface area contributed by atoms with Gasteiger partial charge in [0.05, 0.1) is 10.5 Å². The molecule has 0 saturated heterocycles. The van der Waals surface area contributed by atoms with Gasteiger partial charge in [0.2, 0.25) is 10.0 Å². The fraction of sp³-hybridized carbons (Fsp3) is 0.143. The average Bonchev–Trinajstić information content (AvgIpc) is 2.45. The van der Waals surface area contributed by atoms with Crippen molar-refractivity contribution in [3.63, 3.8) is 0 Å². The predicted molar refractivity (Wildman–Crippen MR) is 84.6 cm³/mol. The minimum atomic E-state index is -4.65. The van der Waals surface area contributed by atoms with Crippen molar-refractivity contribution < 1.29 is 26.0 Å². The number of alkyl halides is 3. The lowest BCUT2D eigenvalue weighted by molar-refractivity contribution is -0.137. The summed E-state index contributed by atoms with van der Waals surface area (Å²) in [5.41, 5.74) is -1.30. The van der Waals surface area contributed by atoms with E-state index in [1.54, 1.807) is 12.1 Å². The molecule has 2 aromatic rings. The maximum atomic E-state index is 13.7. The molecule has 0 unspecified atom stereocenters. The summed E-state index contributed by atoms with van der Waals surface area (Å²) in [7, 11) is -3.87. The molecule has 0 spiro atoms. The van der Waals surface area contributed by atoms with Crippen molar-refractivity contribution in [1.29, 1.82) is 0 Å². The van der Waals surface area contributed by atoms with Crippen LogP contribution in [-0.2, 0) is 22.7 Å². The molecule has 9 heteroatoms. The number of nitrogens with one attached hydrogen (secondary N) is 1. The monoisotopic (exact) mass is 459 g/mol. The Morgan fingerprint density at radius 3 is 2.17 bits per heavy atom. The summed E-state index contributed by atoms with van der Waals surface area (Å²) in [6, 6.07) is 7.91. The van der Waals surface area contributed by atoms with Crippen LogP contribution in [0.5, 0.6) is 0 Å². The van der Waals surface area contributed by atoms with Gasteiger partial charge < -0.3 is 0 Å². The van der Waals surface area contributed by atoms with Crippen molar-refractivity contribution in [2.24, 2.45) is 0 Å². The first-order chi connectivity index (χ1) is 10.6. The van der Waals surface area contributed by atoms with Crippen LogP contribution >= 0.6 is 22.6 Å². The van der Waals surface area contributed by atoms with Gasteiger partial charge in [-0.1, -0.05) is 6.07 Å². The summed E-state index contributed by atoms with van der Waals surface area (Å²) in [4.78, 5) is -0.00904. The average molecular weight is 459 g/mol. The Morgan fingerprint density at radius 2 is 1.65 bits per heavy atom. The van der Waals surface area contributed by atoms with Crippen LogP contribution in [0.25, 0.3) is 0 Å². The molecule has 0 bridgehead atoms. The van der Waals surface area contributed by atoms with E-state index in [1.807, 2.05) is 22.6 Å². The Kier molecular flexibility index (Phi) is 5.31. The molecular formula is C14H10F4INO2S. The van der Waals surface area contributed by atoms with E-state index in [4.69, 9.17) is 0 Å². The molecule has 2 aromatic carbocycles. The summed E-state index contributed by atoms with van der Waals surface area (Å²) < 4.78 is 78.1. The highest BCUT2D eigenvalue weighted by Gasteiger charge is 2.31. The molecular weight excluding hydrogens is 449 g/mol. The second-order valence-corrected chi connectivity index (χ2v) is 7.60. The lowest BCUT2D eigenvalue weighted by Crippen LogP contribution is -2.24. The van der Waals surface area contributed by atoms with Gasteiger partial charge in [0.15, 0.2) is 0 Å². The van der Waals surface area contributed by atoms with Crippen LogP contribution in [0, 0.1) is 9.39 Å². The number of hydrogen-bond donors (Lipinski definition) is 1. The van der Waals surface area contributed by atoms with Crippen LogP contribution < -0.4 is 4.72 Å². The molecule has 0 atom stereocenters. The maximum absolute atomic E-state index is 13.7. The normalized spacial score (nSPS) is 12.4. The fourth-order valence-electron chi connectivity index (χ4n) is 1.74. The zero-order valence-electron chi connectivity index (χ0n) is 11.4. The maximum Gasteiger partial charge on any atom is 0.416 e. The van der Waals surface area contributed by atoms with Gasteiger partial charge in [-0.15, -0.1) is 0 Å². The first kappa shape index (κ1) is 18.1. The van der Waals surface area contributed by atoms with Gasteiger partial charge in [0.1, 0.15) is 5.82 Å². The van der Waals surface area contributed by atoms with E-state index < -0.39 is 34.1 Å². The van der Waals surface area contributed by atoms with E-state index in [9.17, 15) is 26.0 Å². The topological polar surface area (TPSA) is 46.2 Å². The van der Waals surface area contributed by atoms with E-state index in [0.29, 0.717) is 12.1 Å². The van der Waals surface area contributed by atoms with Crippen molar-refractivity contribution in [2.45, 2.75) is 17.6 Å². The van der Waals surface area contributed by atoms with E-state index in [0.717, 1.165) is 9.64 Å². The molecule has 0 aliphatic heterocycles. The number of hydrogen-bond acceptors (Lipinski definition) is 2. The Bertz CT molecular complexity index is 805. The molecule has 0 aliphatic carbocycles. The molecule has 0 aromatic heterocycles. The standard InChI is InChI=1S/C14H10F4INO2S/c15-13-7-10(14(16,17)18)2-1-9(13)8-20-23(21,22)12-5-3-11(19)4-6-12/h1-7,20H,8H2. The summed E-state index contributed by atoms with van der Waals surface area (Å²) in [6.07, 6.45) is -4.65. The Labute approximate surface area is 143 Å². The zero-order valence-corrected chi connectivity index (χ0v) is 14.3. The summed E-state index contributed by atoms with van der Waals surface area (Å²) >= 11 is 2.01. The predicted octanol–water partition coefficient (Wildman–Crippen LogP) is 3.93. The number of halogens is 5. The van der Waals surface area contributed by atoms with Gasteiger partial charge in [0, 0.05) is 15.7 Å². The van der Waals surface area contributed by atoms with Crippen LogP contribution in [0.1, 0.15) is 11.1 Å². The van der Waals surface area contributed by atoms with Crippen LogP contribution in [0.2, 0.25) is 0 Å². The second-order valence-electron chi connectivity index (χ2n) is 4.58. The second kappa shape index (κ2) is 6.73.